The molecule has 1 atom stereocenters. The lowest BCUT2D eigenvalue weighted by molar-refractivity contribution is -0.139. The number of carbonyl (C=O) groups is 2. The van der Waals surface area contributed by atoms with Gasteiger partial charge >= 0.3 is 10.2 Å². The molecular weight excluding hydrogens is 459 g/mol. The molecule has 1 N–H and O–H groups in total. The average molecular weight is 493 g/mol. The van der Waals surface area contributed by atoms with Gasteiger partial charge in [-0.2, -0.15) is 12.7 Å². The number of hydrogen-bond acceptors (Lipinski definition) is 4. The lowest BCUT2D eigenvalue weighted by atomic mass is 10.1. The number of benzene rings is 2. The van der Waals surface area contributed by atoms with Crippen LogP contribution in [0.1, 0.15) is 31.9 Å². The highest BCUT2D eigenvalue weighted by molar-refractivity contribution is 7.90. The van der Waals surface area contributed by atoms with Crippen LogP contribution in [0.25, 0.3) is 0 Å². The molecule has 0 aromatic heterocycles. The van der Waals surface area contributed by atoms with E-state index in [1.165, 1.54) is 31.1 Å². The van der Waals surface area contributed by atoms with Gasteiger partial charge in [-0.3, -0.25) is 9.59 Å². The monoisotopic (exact) mass is 492 g/mol. The molecule has 0 aliphatic rings. The van der Waals surface area contributed by atoms with Gasteiger partial charge in [0.15, 0.2) is 0 Å². The van der Waals surface area contributed by atoms with Crippen LogP contribution in [-0.4, -0.2) is 62.2 Å². The molecular formula is C24H33FN4O4S. The van der Waals surface area contributed by atoms with E-state index in [-0.39, 0.29) is 24.2 Å². The van der Waals surface area contributed by atoms with Crippen molar-refractivity contribution in [3.05, 3.63) is 65.5 Å². The summed E-state index contributed by atoms with van der Waals surface area (Å²) in [5.41, 5.74) is 1.98. The third-order valence-electron chi connectivity index (χ3n) is 5.21. The first-order valence-electron chi connectivity index (χ1n) is 10.9. The third-order valence-corrected chi connectivity index (χ3v) is 7.02. The van der Waals surface area contributed by atoms with Crippen molar-refractivity contribution in [1.29, 1.82) is 0 Å². The van der Waals surface area contributed by atoms with Crippen LogP contribution in [0.4, 0.5) is 10.1 Å². The van der Waals surface area contributed by atoms with E-state index in [9.17, 15) is 22.4 Å². The zero-order chi connectivity index (χ0) is 25.6. The third kappa shape index (κ3) is 7.01. The molecule has 10 heteroatoms. The highest BCUT2D eigenvalue weighted by Gasteiger charge is 2.32. The molecule has 0 aliphatic heterocycles. The molecule has 2 aromatic carbocycles. The summed E-state index contributed by atoms with van der Waals surface area (Å²) < 4.78 is 41.4. The van der Waals surface area contributed by atoms with Crippen LogP contribution in [0, 0.1) is 12.7 Å². The Morgan fingerprint density at radius 1 is 0.971 bits per heavy atom. The number of aryl methyl sites for hydroxylation is 1. The van der Waals surface area contributed by atoms with E-state index in [2.05, 4.69) is 5.32 Å². The summed E-state index contributed by atoms with van der Waals surface area (Å²) in [6.45, 7) is 6.74. The Bertz CT molecular complexity index is 1090. The first-order valence-corrected chi connectivity index (χ1v) is 12.3. The van der Waals surface area contributed by atoms with E-state index in [0.717, 1.165) is 31.9 Å². The number of hydrogen-bond donors (Lipinski definition) is 1. The zero-order valence-electron chi connectivity index (χ0n) is 20.4. The first-order chi connectivity index (χ1) is 15.8. The predicted molar refractivity (Wildman–Crippen MR) is 131 cm³/mol. The number of halogens is 1. The summed E-state index contributed by atoms with van der Waals surface area (Å²) in [6, 6.07) is 11.4. The fourth-order valence-electron chi connectivity index (χ4n) is 3.20. The van der Waals surface area contributed by atoms with Crippen LogP contribution in [0.15, 0.2) is 48.5 Å². The SMILES string of the molecule is Cc1ccc(CN(C(=O)CN(c2ccc(F)cc2)S(=O)(=O)N(C)C)[C@H](C)C(=O)NC(C)C)cc1. The van der Waals surface area contributed by atoms with Crippen molar-refractivity contribution in [2.75, 3.05) is 24.9 Å². The van der Waals surface area contributed by atoms with E-state index in [1.54, 1.807) is 6.92 Å². The van der Waals surface area contributed by atoms with Crippen molar-refractivity contribution in [3.63, 3.8) is 0 Å². The Morgan fingerprint density at radius 2 is 1.53 bits per heavy atom. The minimum atomic E-state index is -4.08. The van der Waals surface area contributed by atoms with Crippen molar-refractivity contribution < 1.29 is 22.4 Å². The van der Waals surface area contributed by atoms with E-state index in [1.807, 2.05) is 45.0 Å². The molecule has 2 aromatic rings. The molecule has 0 unspecified atom stereocenters. The van der Waals surface area contributed by atoms with Gasteiger partial charge in [0.2, 0.25) is 11.8 Å². The minimum Gasteiger partial charge on any atom is -0.352 e. The van der Waals surface area contributed by atoms with E-state index in [4.69, 9.17) is 0 Å². The first kappa shape index (κ1) is 27.3. The lowest BCUT2D eigenvalue weighted by Gasteiger charge is -2.33. The molecule has 186 valence electrons. The minimum absolute atomic E-state index is 0.116. The number of rotatable bonds is 10. The van der Waals surface area contributed by atoms with Crippen LogP contribution in [-0.2, 0) is 26.3 Å². The molecule has 2 amide bonds. The second-order valence-electron chi connectivity index (χ2n) is 8.62. The van der Waals surface area contributed by atoms with Crippen molar-refractivity contribution in [3.8, 4) is 0 Å². The zero-order valence-corrected chi connectivity index (χ0v) is 21.3. The Balaban J connectivity index is 2.43. The van der Waals surface area contributed by atoms with Gasteiger partial charge < -0.3 is 10.2 Å². The number of carbonyl (C=O) groups excluding carboxylic acids is 2. The van der Waals surface area contributed by atoms with Crippen molar-refractivity contribution in [1.82, 2.24) is 14.5 Å². The number of nitrogens with one attached hydrogen (secondary N) is 1. The summed E-state index contributed by atoms with van der Waals surface area (Å²) in [6.07, 6.45) is 0. The summed E-state index contributed by atoms with van der Waals surface area (Å²) in [4.78, 5) is 27.6. The number of amides is 2. The van der Waals surface area contributed by atoms with E-state index in [0.29, 0.717) is 0 Å². The molecule has 0 bridgehead atoms. The fraction of sp³-hybridized carbons (Fsp3) is 0.417. The van der Waals surface area contributed by atoms with Gasteiger partial charge in [0.1, 0.15) is 18.4 Å². The normalized spacial score (nSPS) is 12.5. The van der Waals surface area contributed by atoms with Crippen molar-refractivity contribution in [2.45, 2.75) is 46.3 Å². The standard InChI is InChI=1S/C24H33FN4O4S/c1-17(2)26-24(31)19(4)28(15-20-9-7-18(3)8-10-20)23(30)16-29(34(32,33)27(5)6)22-13-11-21(25)12-14-22/h7-14,17,19H,15-16H2,1-6H3,(H,26,31)/t19-/m1/s1. The van der Waals surface area contributed by atoms with Crippen LogP contribution < -0.4 is 9.62 Å². The summed E-state index contributed by atoms with van der Waals surface area (Å²) in [5.74, 6) is -1.45. The smallest absolute Gasteiger partial charge is 0.304 e. The molecule has 2 rings (SSSR count). The average Bonchev–Trinajstić information content (AvgIpc) is 2.76. The van der Waals surface area contributed by atoms with Gasteiger partial charge in [-0.1, -0.05) is 29.8 Å². The molecule has 0 heterocycles. The summed E-state index contributed by atoms with van der Waals surface area (Å²) >= 11 is 0. The quantitative estimate of drug-likeness (QED) is 0.552. The molecule has 0 radical (unpaired) electrons. The highest BCUT2D eigenvalue weighted by atomic mass is 32.2. The summed E-state index contributed by atoms with van der Waals surface area (Å²) in [7, 11) is -1.39. The van der Waals surface area contributed by atoms with Gasteiger partial charge in [-0.15, -0.1) is 0 Å². The molecule has 0 aliphatic carbocycles. The topological polar surface area (TPSA) is 90.0 Å². The number of anilines is 1. The lowest BCUT2D eigenvalue weighted by Crippen LogP contribution is -2.53. The Hall–Kier alpha value is -2.98. The van der Waals surface area contributed by atoms with E-state index >= 15 is 0 Å². The Labute approximate surface area is 201 Å². The van der Waals surface area contributed by atoms with Gasteiger partial charge in [-0.25, -0.2) is 8.70 Å². The van der Waals surface area contributed by atoms with Crippen molar-refractivity contribution in [2.24, 2.45) is 0 Å². The largest absolute Gasteiger partial charge is 0.352 e. The summed E-state index contributed by atoms with van der Waals surface area (Å²) in [5, 5.41) is 2.80. The second-order valence-corrected chi connectivity index (χ2v) is 10.7. The van der Waals surface area contributed by atoms with Gasteiger partial charge in [-0.05, 0) is 57.5 Å². The maximum absolute atomic E-state index is 13.5. The van der Waals surface area contributed by atoms with Crippen LogP contribution >= 0.6 is 0 Å². The van der Waals surface area contributed by atoms with E-state index < -0.39 is 34.5 Å². The molecule has 0 saturated heterocycles. The van der Waals surface area contributed by atoms with Gasteiger partial charge in [0.05, 0.1) is 5.69 Å². The fourth-order valence-corrected chi connectivity index (χ4v) is 4.26. The number of nitrogens with zero attached hydrogens (tertiary/aromatic N) is 3. The molecule has 8 nitrogen and oxygen atoms in total. The van der Waals surface area contributed by atoms with Crippen LogP contribution in [0.5, 0.6) is 0 Å². The Kier molecular flexibility index (Phi) is 9.17. The molecule has 0 saturated carbocycles. The maximum Gasteiger partial charge on any atom is 0.304 e. The van der Waals surface area contributed by atoms with Gasteiger partial charge in [0.25, 0.3) is 0 Å². The predicted octanol–water partition coefficient (Wildman–Crippen LogP) is 2.69. The second kappa shape index (κ2) is 11.4. The molecule has 0 spiro atoms. The Morgan fingerprint density at radius 3 is 2.03 bits per heavy atom. The van der Waals surface area contributed by atoms with Crippen LogP contribution in [0.2, 0.25) is 0 Å². The van der Waals surface area contributed by atoms with Crippen molar-refractivity contribution >= 4 is 27.7 Å². The van der Waals surface area contributed by atoms with Crippen LogP contribution in [0.3, 0.4) is 0 Å². The maximum atomic E-state index is 13.5. The van der Waals surface area contributed by atoms with Gasteiger partial charge in [0, 0.05) is 26.7 Å². The molecule has 0 fully saturated rings. The highest BCUT2D eigenvalue weighted by Crippen LogP contribution is 2.21. The molecule has 34 heavy (non-hydrogen) atoms.